The molecule has 0 radical (unpaired) electrons. The fraction of sp³-hybridized carbons (Fsp3) is 0.750. The van der Waals surface area contributed by atoms with E-state index in [1.54, 1.807) is 0 Å². The predicted octanol–water partition coefficient (Wildman–Crippen LogP) is 1.31. The Bertz CT molecular complexity index is 500. The van der Waals surface area contributed by atoms with E-state index in [2.05, 4.69) is 32.2 Å². The summed E-state index contributed by atoms with van der Waals surface area (Å²) in [6.07, 6.45) is 0. The van der Waals surface area contributed by atoms with Crippen LogP contribution >= 0.6 is 24.0 Å². The maximum atomic E-state index is 9.14. The summed E-state index contributed by atoms with van der Waals surface area (Å²) in [5, 5.41) is 16.6. The Morgan fingerprint density at radius 2 is 2.12 bits per heavy atom. The Hall–Kier alpha value is -0.870. The largest absolute Gasteiger partial charge is 0.396 e. The third-order valence-electron chi connectivity index (χ3n) is 3.93. The number of nitrogens with zero attached hydrogens (tertiary/aromatic N) is 4. The first-order valence-corrected chi connectivity index (χ1v) is 8.41. The normalized spacial score (nSPS) is 17.5. The van der Waals surface area contributed by atoms with Gasteiger partial charge in [0.2, 0.25) is 0 Å². The van der Waals surface area contributed by atoms with Crippen LogP contribution < -0.4 is 5.32 Å². The first-order valence-electron chi connectivity index (χ1n) is 8.41. The lowest BCUT2D eigenvalue weighted by molar-refractivity contribution is 0.168. The van der Waals surface area contributed by atoms with Gasteiger partial charge in [-0.25, -0.2) is 0 Å². The van der Waals surface area contributed by atoms with E-state index < -0.39 is 0 Å². The molecule has 2 rings (SSSR count). The van der Waals surface area contributed by atoms with Gasteiger partial charge < -0.3 is 19.8 Å². The van der Waals surface area contributed by atoms with Crippen LogP contribution in [0.2, 0.25) is 0 Å². The second-order valence-electron chi connectivity index (χ2n) is 6.17. The summed E-state index contributed by atoms with van der Waals surface area (Å²) < 4.78 is 5.13. The average molecular weight is 451 g/mol. The molecule has 2 heterocycles. The highest BCUT2D eigenvalue weighted by Gasteiger charge is 2.20. The molecule has 1 aliphatic rings. The van der Waals surface area contributed by atoms with Crippen LogP contribution in [0.15, 0.2) is 15.6 Å². The van der Waals surface area contributed by atoms with Gasteiger partial charge in [0.05, 0.1) is 5.69 Å². The molecule has 1 fully saturated rings. The van der Waals surface area contributed by atoms with Crippen molar-refractivity contribution in [3.8, 4) is 0 Å². The fourth-order valence-electron chi connectivity index (χ4n) is 2.57. The number of rotatable bonds is 6. The number of hydrogen-bond acceptors (Lipinski definition) is 5. The van der Waals surface area contributed by atoms with Crippen molar-refractivity contribution in [1.82, 2.24) is 20.3 Å². The number of guanidine groups is 1. The quantitative estimate of drug-likeness (QED) is 0.386. The minimum Gasteiger partial charge on any atom is -0.396 e. The number of hydrogen-bond donors (Lipinski definition) is 2. The summed E-state index contributed by atoms with van der Waals surface area (Å²) in [4.78, 5) is 9.32. The molecule has 0 aromatic carbocycles. The molecule has 0 spiro atoms. The van der Waals surface area contributed by atoms with E-state index in [1.165, 1.54) is 0 Å². The highest BCUT2D eigenvalue weighted by Crippen LogP contribution is 2.09. The number of aliphatic hydroxyl groups excluding tert-OH is 1. The van der Waals surface area contributed by atoms with Crippen molar-refractivity contribution < 1.29 is 9.63 Å². The number of aryl methyl sites for hydroxylation is 1. The van der Waals surface area contributed by atoms with Crippen LogP contribution in [-0.2, 0) is 6.54 Å². The molecule has 1 unspecified atom stereocenters. The highest BCUT2D eigenvalue weighted by molar-refractivity contribution is 14.0. The first-order chi connectivity index (χ1) is 11.1. The van der Waals surface area contributed by atoms with E-state index in [0.717, 1.165) is 56.7 Å². The lowest BCUT2D eigenvalue weighted by atomic mass is 10.2. The molecule has 1 saturated heterocycles. The number of halogens is 1. The van der Waals surface area contributed by atoms with E-state index in [1.807, 2.05) is 19.9 Å². The van der Waals surface area contributed by atoms with Gasteiger partial charge in [-0.1, -0.05) is 12.1 Å². The molecule has 8 heteroatoms. The summed E-state index contributed by atoms with van der Waals surface area (Å²) in [5.41, 5.74) is 0.994. The number of aromatic nitrogens is 1. The number of nitrogens with one attached hydrogen (secondary N) is 1. The van der Waals surface area contributed by atoms with Gasteiger partial charge >= 0.3 is 0 Å². The number of aliphatic hydroxyl groups is 1. The van der Waals surface area contributed by atoms with Crippen LogP contribution in [0.3, 0.4) is 0 Å². The molecule has 0 bridgehead atoms. The van der Waals surface area contributed by atoms with Crippen LogP contribution in [0.4, 0.5) is 0 Å². The van der Waals surface area contributed by atoms with Gasteiger partial charge in [0.25, 0.3) is 0 Å². The van der Waals surface area contributed by atoms with Gasteiger partial charge in [-0.05, 0) is 19.8 Å². The first kappa shape index (κ1) is 21.2. The van der Waals surface area contributed by atoms with E-state index in [9.17, 15) is 0 Å². The molecule has 1 aromatic heterocycles. The molecule has 0 saturated carbocycles. The van der Waals surface area contributed by atoms with Gasteiger partial charge in [0.15, 0.2) is 5.96 Å². The summed E-state index contributed by atoms with van der Waals surface area (Å²) in [5.74, 6) is 2.00. The third kappa shape index (κ3) is 6.56. The predicted molar refractivity (Wildman–Crippen MR) is 106 cm³/mol. The third-order valence-corrected chi connectivity index (χ3v) is 3.93. The van der Waals surface area contributed by atoms with E-state index >= 15 is 0 Å². The molecule has 1 aliphatic heterocycles. The second kappa shape index (κ2) is 10.9. The molecule has 2 N–H and O–H groups in total. The average Bonchev–Trinajstić information content (AvgIpc) is 2.97. The van der Waals surface area contributed by atoms with Gasteiger partial charge in [-0.3, -0.25) is 9.89 Å². The Kier molecular flexibility index (Phi) is 9.60. The standard InChI is InChI=1S/C16H29N5O2.HI/c1-4-17-16(18-10-13(2)12-22)21-7-5-20(6-8-21)11-15-9-14(3)23-19-15;/h9,13,22H,4-8,10-12H2,1-3H3,(H,17,18);1H. The van der Waals surface area contributed by atoms with E-state index in [4.69, 9.17) is 9.63 Å². The minimum absolute atomic E-state index is 0. The molecule has 0 aliphatic carbocycles. The van der Waals surface area contributed by atoms with Crippen molar-refractivity contribution in [2.24, 2.45) is 10.9 Å². The van der Waals surface area contributed by atoms with E-state index in [0.29, 0.717) is 6.54 Å². The number of aliphatic imine (C=N–C) groups is 1. The second-order valence-corrected chi connectivity index (χ2v) is 6.17. The van der Waals surface area contributed by atoms with Gasteiger partial charge in [-0.2, -0.15) is 0 Å². The monoisotopic (exact) mass is 451 g/mol. The van der Waals surface area contributed by atoms with Crippen LogP contribution in [0.1, 0.15) is 25.3 Å². The zero-order valence-electron chi connectivity index (χ0n) is 14.9. The van der Waals surface area contributed by atoms with Crippen LogP contribution in [0.5, 0.6) is 0 Å². The van der Waals surface area contributed by atoms with Crippen molar-refractivity contribution >= 4 is 29.9 Å². The summed E-state index contributed by atoms with van der Waals surface area (Å²) in [7, 11) is 0. The molecular formula is C16H30IN5O2. The van der Waals surface area contributed by atoms with Gasteiger partial charge in [-0.15, -0.1) is 24.0 Å². The van der Waals surface area contributed by atoms with Crippen LogP contribution in [0, 0.1) is 12.8 Å². The smallest absolute Gasteiger partial charge is 0.194 e. The zero-order chi connectivity index (χ0) is 16.7. The molecular weight excluding hydrogens is 421 g/mol. The summed E-state index contributed by atoms with van der Waals surface area (Å²) in [6, 6.07) is 1.99. The Labute approximate surface area is 161 Å². The van der Waals surface area contributed by atoms with Gasteiger partial charge in [0.1, 0.15) is 5.76 Å². The lowest BCUT2D eigenvalue weighted by Gasteiger charge is -2.36. The van der Waals surface area contributed by atoms with Crippen molar-refractivity contribution in [2.45, 2.75) is 27.3 Å². The molecule has 1 atom stereocenters. The Balaban J connectivity index is 0.00000288. The molecule has 0 amide bonds. The van der Waals surface area contributed by atoms with E-state index in [-0.39, 0.29) is 36.5 Å². The van der Waals surface area contributed by atoms with Crippen molar-refractivity contribution in [1.29, 1.82) is 0 Å². The molecule has 138 valence electrons. The lowest BCUT2D eigenvalue weighted by Crippen LogP contribution is -2.52. The van der Waals surface area contributed by atoms with Crippen molar-refractivity contribution in [3.05, 3.63) is 17.5 Å². The van der Waals surface area contributed by atoms with Crippen LogP contribution in [-0.4, -0.2) is 71.9 Å². The van der Waals surface area contributed by atoms with Crippen molar-refractivity contribution in [2.75, 3.05) is 45.9 Å². The minimum atomic E-state index is 0. The SMILES string of the molecule is CCNC(=NCC(C)CO)N1CCN(Cc2cc(C)on2)CC1.I. The molecule has 24 heavy (non-hydrogen) atoms. The highest BCUT2D eigenvalue weighted by atomic mass is 127. The topological polar surface area (TPSA) is 77.1 Å². The Morgan fingerprint density at radius 1 is 1.42 bits per heavy atom. The Morgan fingerprint density at radius 3 is 2.67 bits per heavy atom. The summed E-state index contributed by atoms with van der Waals surface area (Å²) in [6.45, 7) is 12.3. The molecule has 7 nitrogen and oxygen atoms in total. The van der Waals surface area contributed by atoms with Crippen molar-refractivity contribution in [3.63, 3.8) is 0 Å². The summed E-state index contributed by atoms with van der Waals surface area (Å²) >= 11 is 0. The number of piperazine rings is 1. The van der Waals surface area contributed by atoms with Crippen LogP contribution in [0.25, 0.3) is 0 Å². The fourth-order valence-corrected chi connectivity index (χ4v) is 2.57. The van der Waals surface area contributed by atoms with Gasteiger partial charge in [0, 0.05) is 58.5 Å². The zero-order valence-corrected chi connectivity index (χ0v) is 17.2. The maximum absolute atomic E-state index is 9.14. The maximum Gasteiger partial charge on any atom is 0.194 e. The molecule has 1 aromatic rings.